The van der Waals surface area contributed by atoms with Gasteiger partial charge < -0.3 is 15.4 Å². The van der Waals surface area contributed by atoms with Crippen molar-refractivity contribution in [1.82, 2.24) is 4.98 Å². The molecule has 0 atom stereocenters. The third-order valence-electron chi connectivity index (χ3n) is 3.73. The second kappa shape index (κ2) is 8.50. The molecular weight excluding hydrogens is 340 g/mol. The summed E-state index contributed by atoms with van der Waals surface area (Å²) in [5.41, 5.74) is 2.99. The lowest BCUT2D eigenvalue weighted by atomic mass is 10.2. The predicted octanol–water partition coefficient (Wildman–Crippen LogP) is 4.35. The summed E-state index contributed by atoms with van der Waals surface area (Å²) in [5.74, 6) is 0.283. The van der Waals surface area contributed by atoms with Gasteiger partial charge in [-0.3, -0.25) is 9.78 Å². The predicted molar refractivity (Wildman–Crippen MR) is 104 cm³/mol. The summed E-state index contributed by atoms with van der Waals surface area (Å²) in [5, 5.41) is 14.9. The van der Waals surface area contributed by atoms with Crippen LogP contribution >= 0.6 is 0 Å². The Morgan fingerprint density at radius 1 is 1.11 bits per heavy atom. The van der Waals surface area contributed by atoms with Gasteiger partial charge >= 0.3 is 0 Å². The molecule has 0 aliphatic rings. The van der Waals surface area contributed by atoms with Crippen LogP contribution in [0.25, 0.3) is 0 Å². The highest BCUT2D eigenvalue weighted by Crippen LogP contribution is 2.24. The van der Waals surface area contributed by atoms with E-state index in [0.717, 1.165) is 11.4 Å². The molecule has 0 aliphatic carbocycles. The van der Waals surface area contributed by atoms with Gasteiger partial charge in [0.1, 0.15) is 11.4 Å². The Bertz CT molecular complexity index is 978. The number of ether oxygens (including phenoxy) is 1. The van der Waals surface area contributed by atoms with Crippen LogP contribution in [0.4, 0.5) is 17.1 Å². The van der Waals surface area contributed by atoms with E-state index in [4.69, 9.17) is 10.00 Å². The first kappa shape index (κ1) is 18.0. The van der Waals surface area contributed by atoms with Crippen LogP contribution in [0.5, 0.6) is 5.75 Å². The van der Waals surface area contributed by atoms with Gasteiger partial charge in [0.2, 0.25) is 0 Å². The maximum Gasteiger partial charge on any atom is 0.274 e. The fourth-order valence-electron chi connectivity index (χ4n) is 2.46. The fourth-order valence-corrected chi connectivity index (χ4v) is 2.46. The first-order valence-corrected chi connectivity index (χ1v) is 8.46. The molecule has 0 aliphatic heterocycles. The van der Waals surface area contributed by atoms with Crippen LogP contribution in [-0.2, 0) is 0 Å². The second-order valence-corrected chi connectivity index (χ2v) is 5.63. The molecule has 3 rings (SSSR count). The van der Waals surface area contributed by atoms with E-state index in [-0.39, 0.29) is 11.6 Å². The molecule has 6 nitrogen and oxygen atoms in total. The molecule has 0 spiro atoms. The number of carbonyl (C=O) groups is 1. The SMILES string of the molecule is CCOc1ccccc1NC(=O)c1cc(Nc2ccc(C#N)cc2)ccn1. The van der Waals surface area contributed by atoms with E-state index in [1.54, 1.807) is 54.7 Å². The van der Waals surface area contributed by atoms with Crippen molar-refractivity contribution in [3.05, 3.63) is 78.1 Å². The number of benzene rings is 2. The molecule has 0 saturated heterocycles. The van der Waals surface area contributed by atoms with Crippen LogP contribution in [0.1, 0.15) is 23.0 Å². The van der Waals surface area contributed by atoms with E-state index >= 15 is 0 Å². The topological polar surface area (TPSA) is 87.0 Å². The van der Waals surface area contributed by atoms with E-state index in [1.165, 1.54) is 0 Å². The van der Waals surface area contributed by atoms with Crippen molar-refractivity contribution in [3.8, 4) is 11.8 Å². The van der Waals surface area contributed by atoms with E-state index in [1.807, 2.05) is 19.1 Å². The Morgan fingerprint density at radius 2 is 1.89 bits per heavy atom. The third kappa shape index (κ3) is 4.61. The standard InChI is InChI=1S/C21H18N4O2/c1-2-27-20-6-4-3-5-18(20)25-21(26)19-13-17(11-12-23-19)24-16-9-7-15(14-22)8-10-16/h3-13H,2H2,1H3,(H,23,24)(H,25,26). The van der Waals surface area contributed by atoms with Crippen molar-refractivity contribution < 1.29 is 9.53 Å². The number of nitrogens with one attached hydrogen (secondary N) is 2. The van der Waals surface area contributed by atoms with Gasteiger partial charge in [-0.2, -0.15) is 5.26 Å². The molecule has 0 bridgehead atoms. The number of nitrogens with zero attached hydrogens (tertiary/aromatic N) is 2. The average molecular weight is 358 g/mol. The van der Waals surface area contributed by atoms with Gasteiger partial charge in [-0.05, 0) is 55.5 Å². The minimum atomic E-state index is -0.328. The van der Waals surface area contributed by atoms with Crippen molar-refractivity contribution in [2.45, 2.75) is 6.92 Å². The molecule has 1 amide bonds. The van der Waals surface area contributed by atoms with Gasteiger partial charge in [0.25, 0.3) is 5.91 Å². The zero-order valence-electron chi connectivity index (χ0n) is 14.8. The molecule has 27 heavy (non-hydrogen) atoms. The maximum atomic E-state index is 12.6. The lowest BCUT2D eigenvalue weighted by molar-refractivity contribution is 0.102. The highest BCUT2D eigenvalue weighted by Gasteiger charge is 2.11. The number of carbonyl (C=O) groups excluding carboxylic acids is 1. The van der Waals surface area contributed by atoms with Gasteiger partial charge in [-0.25, -0.2) is 0 Å². The average Bonchev–Trinajstić information content (AvgIpc) is 2.70. The van der Waals surface area contributed by atoms with Crippen LogP contribution in [0.15, 0.2) is 66.9 Å². The molecule has 3 aromatic rings. The number of pyridine rings is 1. The Morgan fingerprint density at radius 3 is 2.63 bits per heavy atom. The van der Waals surface area contributed by atoms with E-state index in [9.17, 15) is 4.79 Å². The smallest absolute Gasteiger partial charge is 0.274 e. The van der Waals surface area contributed by atoms with Gasteiger partial charge in [-0.1, -0.05) is 12.1 Å². The molecule has 1 aromatic heterocycles. The summed E-state index contributed by atoms with van der Waals surface area (Å²) >= 11 is 0. The van der Waals surface area contributed by atoms with Crippen molar-refractivity contribution >= 4 is 23.0 Å². The monoisotopic (exact) mass is 358 g/mol. The molecule has 0 fully saturated rings. The summed E-state index contributed by atoms with van der Waals surface area (Å²) < 4.78 is 5.52. The van der Waals surface area contributed by atoms with Crippen LogP contribution in [0, 0.1) is 11.3 Å². The van der Waals surface area contributed by atoms with Gasteiger partial charge in [0.05, 0.1) is 23.9 Å². The van der Waals surface area contributed by atoms with Crippen LogP contribution < -0.4 is 15.4 Å². The Labute approximate surface area is 157 Å². The highest BCUT2D eigenvalue weighted by molar-refractivity contribution is 6.04. The molecule has 6 heteroatoms. The van der Waals surface area contributed by atoms with Crippen LogP contribution in [0.3, 0.4) is 0 Å². The zero-order chi connectivity index (χ0) is 19.1. The number of rotatable bonds is 6. The zero-order valence-corrected chi connectivity index (χ0v) is 14.8. The van der Waals surface area contributed by atoms with E-state index < -0.39 is 0 Å². The first-order chi connectivity index (χ1) is 13.2. The van der Waals surface area contributed by atoms with Gasteiger partial charge in [0.15, 0.2) is 0 Å². The summed E-state index contributed by atoms with van der Waals surface area (Å²) in [7, 11) is 0. The molecule has 2 N–H and O–H groups in total. The third-order valence-corrected chi connectivity index (χ3v) is 3.73. The fraction of sp³-hybridized carbons (Fsp3) is 0.0952. The quantitative estimate of drug-likeness (QED) is 0.684. The normalized spacial score (nSPS) is 9.93. The Hall–Kier alpha value is -3.85. The van der Waals surface area contributed by atoms with E-state index in [2.05, 4.69) is 21.7 Å². The maximum absolute atomic E-state index is 12.6. The number of anilines is 3. The molecule has 2 aromatic carbocycles. The van der Waals surface area contributed by atoms with Crippen molar-refractivity contribution in [2.24, 2.45) is 0 Å². The minimum Gasteiger partial charge on any atom is -0.492 e. The lowest BCUT2D eigenvalue weighted by Gasteiger charge is -2.12. The lowest BCUT2D eigenvalue weighted by Crippen LogP contribution is -2.14. The summed E-state index contributed by atoms with van der Waals surface area (Å²) in [4.78, 5) is 16.7. The Balaban J connectivity index is 1.74. The number of amides is 1. The molecule has 134 valence electrons. The number of hydrogen-bond acceptors (Lipinski definition) is 5. The Kier molecular flexibility index (Phi) is 5.65. The molecule has 0 saturated carbocycles. The summed E-state index contributed by atoms with van der Waals surface area (Å²) in [6.45, 7) is 2.40. The van der Waals surface area contributed by atoms with E-state index in [0.29, 0.717) is 23.6 Å². The number of aromatic nitrogens is 1. The van der Waals surface area contributed by atoms with Crippen molar-refractivity contribution in [3.63, 3.8) is 0 Å². The summed E-state index contributed by atoms with van der Waals surface area (Å²) in [6, 6.07) is 19.8. The number of nitriles is 1. The van der Waals surface area contributed by atoms with Gasteiger partial charge in [0, 0.05) is 17.6 Å². The summed E-state index contributed by atoms with van der Waals surface area (Å²) in [6.07, 6.45) is 1.56. The van der Waals surface area contributed by atoms with Crippen molar-refractivity contribution in [2.75, 3.05) is 17.2 Å². The first-order valence-electron chi connectivity index (χ1n) is 8.46. The molecule has 0 radical (unpaired) electrons. The number of para-hydroxylation sites is 2. The molecule has 1 heterocycles. The second-order valence-electron chi connectivity index (χ2n) is 5.63. The highest BCUT2D eigenvalue weighted by atomic mass is 16.5. The van der Waals surface area contributed by atoms with Gasteiger partial charge in [-0.15, -0.1) is 0 Å². The van der Waals surface area contributed by atoms with Crippen LogP contribution in [0.2, 0.25) is 0 Å². The molecule has 0 unspecified atom stereocenters. The minimum absolute atomic E-state index is 0.278. The number of hydrogen-bond donors (Lipinski definition) is 2. The molecular formula is C21H18N4O2. The van der Waals surface area contributed by atoms with Crippen molar-refractivity contribution in [1.29, 1.82) is 5.26 Å². The van der Waals surface area contributed by atoms with Crippen LogP contribution in [-0.4, -0.2) is 17.5 Å². The largest absolute Gasteiger partial charge is 0.492 e.